The molecule has 4 nitrogen and oxygen atoms in total. The lowest BCUT2D eigenvalue weighted by Gasteiger charge is -2.23. The standard InChI is InChI=1S/C18H19Cl3F3N3O/c1-17(21)8-11(6-13(19)9-17)2-5-15(27-28-10-18(22,23)24)12-3-4-14(20)16(7-12)26-25/h3-4,6-8,26H,2,5,9-10,25H2,1H3. The van der Waals surface area contributed by atoms with Crippen LogP contribution in [0.25, 0.3) is 0 Å². The fourth-order valence-electron chi connectivity index (χ4n) is 2.71. The number of nitrogens with zero attached hydrogens (tertiary/aromatic N) is 1. The van der Waals surface area contributed by atoms with E-state index >= 15 is 0 Å². The minimum atomic E-state index is -4.48. The van der Waals surface area contributed by atoms with Gasteiger partial charge in [0.1, 0.15) is 0 Å². The quantitative estimate of drug-likeness (QED) is 0.224. The fraction of sp³-hybridized carbons (Fsp3) is 0.389. The molecule has 28 heavy (non-hydrogen) atoms. The van der Waals surface area contributed by atoms with Gasteiger partial charge < -0.3 is 10.3 Å². The molecule has 0 spiro atoms. The van der Waals surface area contributed by atoms with E-state index < -0.39 is 17.7 Å². The minimum Gasteiger partial charge on any atom is -0.386 e. The molecule has 0 aromatic heterocycles. The highest BCUT2D eigenvalue weighted by atomic mass is 35.5. The number of alkyl halides is 4. The maximum atomic E-state index is 12.4. The van der Waals surface area contributed by atoms with Gasteiger partial charge in [-0.15, -0.1) is 11.6 Å². The molecule has 1 atom stereocenters. The number of hydrogen-bond acceptors (Lipinski definition) is 4. The van der Waals surface area contributed by atoms with Crippen molar-refractivity contribution in [3.05, 3.63) is 51.5 Å². The Morgan fingerprint density at radius 2 is 2.07 bits per heavy atom. The highest BCUT2D eigenvalue weighted by Crippen LogP contribution is 2.35. The number of nitrogens with two attached hydrogens (primary N) is 1. The van der Waals surface area contributed by atoms with Crippen LogP contribution in [0.3, 0.4) is 0 Å². The van der Waals surface area contributed by atoms with Crippen LogP contribution in [-0.2, 0) is 4.84 Å². The lowest BCUT2D eigenvalue weighted by molar-refractivity contribution is -0.173. The van der Waals surface area contributed by atoms with Crippen molar-refractivity contribution in [2.75, 3.05) is 12.0 Å². The molecule has 0 saturated carbocycles. The van der Waals surface area contributed by atoms with Crippen molar-refractivity contribution in [2.24, 2.45) is 11.0 Å². The van der Waals surface area contributed by atoms with E-state index in [-0.39, 0.29) is 0 Å². The van der Waals surface area contributed by atoms with Crippen molar-refractivity contribution in [2.45, 2.75) is 37.2 Å². The van der Waals surface area contributed by atoms with Crippen LogP contribution < -0.4 is 11.3 Å². The van der Waals surface area contributed by atoms with E-state index in [1.807, 2.05) is 13.0 Å². The molecule has 0 aliphatic heterocycles. The third-order valence-electron chi connectivity index (χ3n) is 3.85. The average Bonchev–Trinajstić information content (AvgIpc) is 2.55. The second kappa shape index (κ2) is 9.39. The van der Waals surface area contributed by atoms with E-state index in [0.29, 0.717) is 46.3 Å². The number of oxime groups is 1. The number of benzene rings is 1. The number of halogens is 6. The Balaban J connectivity index is 2.24. The van der Waals surface area contributed by atoms with Gasteiger partial charge in [0.2, 0.25) is 6.61 Å². The molecule has 1 aromatic carbocycles. The van der Waals surface area contributed by atoms with Crippen LogP contribution in [0, 0.1) is 0 Å². The van der Waals surface area contributed by atoms with Crippen molar-refractivity contribution in [1.82, 2.24) is 0 Å². The molecular formula is C18H19Cl3F3N3O. The first-order valence-corrected chi connectivity index (χ1v) is 9.41. The van der Waals surface area contributed by atoms with Crippen LogP contribution in [0.4, 0.5) is 18.9 Å². The predicted molar refractivity (Wildman–Crippen MR) is 108 cm³/mol. The number of hydrogen-bond donors (Lipinski definition) is 2. The molecule has 1 aromatic rings. The number of hydrazine groups is 1. The molecule has 0 saturated heterocycles. The number of rotatable bonds is 7. The molecule has 3 N–H and O–H groups in total. The molecule has 2 rings (SSSR count). The fourth-order valence-corrected chi connectivity index (χ4v) is 3.65. The van der Waals surface area contributed by atoms with Gasteiger partial charge in [0.25, 0.3) is 0 Å². The summed E-state index contributed by atoms with van der Waals surface area (Å²) >= 11 is 18.5. The summed E-state index contributed by atoms with van der Waals surface area (Å²) in [5, 5.41) is 4.67. The first-order valence-electron chi connectivity index (χ1n) is 8.28. The summed E-state index contributed by atoms with van der Waals surface area (Å²) in [5.41, 5.74) is 4.54. The van der Waals surface area contributed by atoms with Crippen LogP contribution in [0.2, 0.25) is 5.02 Å². The summed E-state index contributed by atoms with van der Waals surface area (Å²) in [5.74, 6) is 5.41. The lowest BCUT2D eigenvalue weighted by atomic mass is 9.93. The van der Waals surface area contributed by atoms with Crippen LogP contribution in [-0.4, -0.2) is 23.4 Å². The van der Waals surface area contributed by atoms with Crippen molar-refractivity contribution in [3.8, 4) is 0 Å². The van der Waals surface area contributed by atoms with Gasteiger partial charge in [0.15, 0.2) is 0 Å². The summed E-state index contributed by atoms with van der Waals surface area (Å²) in [6.45, 7) is 0.351. The van der Waals surface area contributed by atoms with Gasteiger partial charge in [-0.1, -0.05) is 40.5 Å². The van der Waals surface area contributed by atoms with Gasteiger partial charge in [0.05, 0.1) is 21.3 Å². The summed E-state index contributed by atoms with van der Waals surface area (Å²) in [6, 6.07) is 4.78. The maximum Gasteiger partial charge on any atom is 0.425 e. The monoisotopic (exact) mass is 455 g/mol. The average molecular weight is 457 g/mol. The van der Waals surface area contributed by atoms with Gasteiger partial charge in [0, 0.05) is 17.0 Å². The molecule has 1 aliphatic carbocycles. The van der Waals surface area contributed by atoms with E-state index in [1.54, 1.807) is 24.3 Å². The summed E-state index contributed by atoms with van der Waals surface area (Å²) in [6.07, 6.45) is 0.459. The topological polar surface area (TPSA) is 59.6 Å². The van der Waals surface area contributed by atoms with Gasteiger partial charge in [-0.2, -0.15) is 13.2 Å². The van der Waals surface area contributed by atoms with Crippen LogP contribution >= 0.6 is 34.8 Å². The summed E-state index contributed by atoms with van der Waals surface area (Å²) < 4.78 is 37.2. The molecule has 0 radical (unpaired) electrons. The number of nitrogen functional groups attached to an aromatic ring is 1. The third kappa shape index (κ3) is 7.20. The van der Waals surface area contributed by atoms with E-state index in [4.69, 9.17) is 40.6 Å². The Bertz CT molecular complexity index is 805. The Labute approximate surface area is 176 Å². The minimum absolute atomic E-state index is 0.295. The smallest absolute Gasteiger partial charge is 0.386 e. The molecule has 0 heterocycles. The van der Waals surface area contributed by atoms with Crippen molar-refractivity contribution < 1.29 is 18.0 Å². The molecule has 0 fully saturated rings. The van der Waals surface area contributed by atoms with E-state index in [2.05, 4.69) is 15.4 Å². The Morgan fingerprint density at radius 1 is 1.36 bits per heavy atom. The molecular weight excluding hydrogens is 438 g/mol. The van der Waals surface area contributed by atoms with Gasteiger partial charge >= 0.3 is 6.18 Å². The second-order valence-corrected chi connectivity index (χ2v) is 8.29. The first-order chi connectivity index (χ1) is 13.0. The Kier molecular flexibility index (Phi) is 7.67. The third-order valence-corrected chi connectivity index (χ3v) is 4.67. The first kappa shape index (κ1) is 22.9. The summed E-state index contributed by atoms with van der Waals surface area (Å²) in [4.78, 5) is 3.90. The van der Waals surface area contributed by atoms with E-state index in [1.165, 1.54) is 0 Å². The van der Waals surface area contributed by atoms with Crippen LogP contribution in [0.5, 0.6) is 0 Å². The van der Waals surface area contributed by atoms with Crippen molar-refractivity contribution in [1.29, 1.82) is 0 Å². The van der Waals surface area contributed by atoms with Gasteiger partial charge in [-0.25, -0.2) is 0 Å². The van der Waals surface area contributed by atoms with Crippen molar-refractivity contribution in [3.63, 3.8) is 0 Å². The Morgan fingerprint density at radius 3 is 2.68 bits per heavy atom. The van der Waals surface area contributed by atoms with E-state index in [9.17, 15) is 13.2 Å². The van der Waals surface area contributed by atoms with Crippen LogP contribution in [0.1, 0.15) is 31.7 Å². The molecule has 1 unspecified atom stereocenters. The summed E-state index contributed by atoms with van der Waals surface area (Å²) in [7, 11) is 0. The normalized spacial score (nSPS) is 20.5. The highest BCUT2D eigenvalue weighted by Gasteiger charge is 2.29. The molecule has 1 aliphatic rings. The molecule has 0 bridgehead atoms. The highest BCUT2D eigenvalue weighted by molar-refractivity contribution is 6.33. The number of anilines is 1. The zero-order valence-corrected chi connectivity index (χ0v) is 17.2. The number of allylic oxidation sites excluding steroid dienone is 4. The molecule has 154 valence electrons. The Hall–Kier alpha value is -1.41. The predicted octanol–water partition coefficient (Wildman–Crippen LogP) is 6.14. The SMILES string of the molecule is CC1(Cl)C=C(CCC(=NOCC(F)(F)F)c2ccc(Cl)c(NN)c2)C=C(Cl)C1. The molecule has 0 amide bonds. The van der Waals surface area contributed by atoms with Gasteiger partial charge in [-0.3, -0.25) is 5.84 Å². The molecule has 10 heteroatoms. The largest absolute Gasteiger partial charge is 0.425 e. The van der Waals surface area contributed by atoms with E-state index in [0.717, 1.165) is 5.57 Å². The second-order valence-electron chi connectivity index (χ2n) is 6.53. The zero-order valence-electron chi connectivity index (χ0n) is 14.9. The van der Waals surface area contributed by atoms with Gasteiger partial charge in [-0.05, 0) is 43.5 Å². The number of nitrogens with one attached hydrogen (secondary N) is 1. The van der Waals surface area contributed by atoms with Crippen LogP contribution in [0.15, 0.2) is 46.1 Å². The lowest BCUT2D eigenvalue weighted by Crippen LogP contribution is -2.17. The van der Waals surface area contributed by atoms with Crippen molar-refractivity contribution >= 4 is 46.2 Å². The maximum absolute atomic E-state index is 12.4. The zero-order chi connectivity index (χ0) is 20.9.